The predicted molar refractivity (Wildman–Crippen MR) is 109 cm³/mol. The number of methoxy groups -OCH3 is 1. The topological polar surface area (TPSA) is 61.8 Å². The van der Waals surface area contributed by atoms with Crippen molar-refractivity contribution in [3.63, 3.8) is 0 Å². The van der Waals surface area contributed by atoms with Gasteiger partial charge in [0, 0.05) is 58.5 Å². The highest BCUT2D eigenvalue weighted by Crippen LogP contribution is 2.15. The number of likely N-dealkylation sites (N-methyl/N-ethyl adjacent to an activating group) is 1. The van der Waals surface area contributed by atoms with Crippen LogP contribution < -0.4 is 10.6 Å². The van der Waals surface area contributed by atoms with Crippen LogP contribution in [0.5, 0.6) is 0 Å². The Morgan fingerprint density at radius 3 is 2.77 bits per heavy atom. The van der Waals surface area contributed by atoms with Gasteiger partial charge in [0.05, 0.1) is 5.52 Å². The summed E-state index contributed by atoms with van der Waals surface area (Å²) >= 11 is 0. The van der Waals surface area contributed by atoms with Crippen molar-refractivity contribution in [2.45, 2.75) is 12.8 Å². The first-order valence-electron chi connectivity index (χ1n) is 9.19. The third-order valence-corrected chi connectivity index (χ3v) is 4.30. The van der Waals surface area contributed by atoms with Gasteiger partial charge in [-0.2, -0.15) is 0 Å². The summed E-state index contributed by atoms with van der Waals surface area (Å²) in [5.74, 6) is 0.837. The lowest BCUT2D eigenvalue weighted by Gasteiger charge is -2.18. The van der Waals surface area contributed by atoms with Crippen LogP contribution in [0.4, 0.5) is 0 Å². The van der Waals surface area contributed by atoms with E-state index in [-0.39, 0.29) is 0 Å². The number of para-hydroxylation sites is 1. The minimum atomic E-state index is 0.810. The van der Waals surface area contributed by atoms with E-state index in [4.69, 9.17) is 4.74 Å². The molecule has 6 heteroatoms. The lowest BCUT2D eigenvalue weighted by Crippen LogP contribution is -2.41. The van der Waals surface area contributed by atoms with E-state index in [1.54, 1.807) is 14.2 Å². The number of ether oxygens (including phenoxy) is 1. The Labute approximate surface area is 156 Å². The first-order chi connectivity index (χ1) is 12.7. The second-order valence-corrected chi connectivity index (χ2v) is 6.32. The average Bonchev–Trinajstić information content (AvgIpc) is 2.67. The Morgan fingerprint density at radius 1 is 1.15 bits per heavy atom. The van der Waals surface area contributed by atoms with Crippen LogP contribution in [-0.2, 0) is 11.2 Å². The fourth-order valence-electron chi connectivity index (χ4n) is 2.86. The molecule has 1 heterocycles. The van der Waals surface area contributed by atoms with Crippen LogP contribution >= 0.6 is 0 Å². The molecule has 26 heavy (non-hydrogen) atoms. The van der Waals surface area contributed by atoms with Gasteiger partial charge >= 0.3 is 0 Å². The predicted octanol–water partition coefficient (Wildman–Crippen LogP) is 1.91. The second-order valence-electron chi connectivity index (χ2n) is 6.32. The third-order valence-electron chi connectivity index (χ3n) is 4.30. The van der Waals surface area contributed by atoms with Gasteiger partial charge in [-0.25, -0.2) is 0 Å². The molecule has 1 aromatic carbocycles. The average molecular weight is 358 g/mol. The standard InChI is InChI=1S/C20H31N5O/c1-21-20(24-13-15-25(2)14-6-16-26-3)23-12-10-18-8-4-7-17-9-5-11-22-19(17)18/h4-5,7-9,11H,6,10,12-16H2,1-3H3,(H2,21,23,24). The molecule has 0 aliphatic heterocycles. The van der Waals surface area contributed by atoms with Crippen molar-refractivity contribution in [1.82, 2.24) is 20.5 Å². The van der Waals surface area contributed by atoms with Crippen LogP contribution in [0.3, 0.4) is 0 Å². The molecule has 2 aromatic rings. The van der Waals surface area contributed by atoms with Crippen LogP contribution in [-0.4, -0.2) is 69.8 Å². The smallest absolute Gasteiger partial charge is 0.191 e. The number of nitrogens with zero attached hydrogens (tertiary/aromatic N) is 3. The van der Waals surface area contributed by atoms with E-state index >= 15 is 0 Å². The van der Waals surface area contributed by atoms with Crippen molar-refractivity contribution in [3.8, 4) is 0 Å². The zero-order chi connectivity index (χ0) is 18.6. The van der Waals surface area contributed by atoms with Crippen molar-refractivity contribution in [3.05, 3.63) is 42.1 Å². The first-order valence-corrected chi connectivity index (χ1v) is 9.19. The number of aliphatic imine (C=N–C) groups is 1. The third kappa shape index (κ3) is 6.61. The summed E-state index contributed by atoms with van der Waals surface area (Å²) in [4.78, 5) is 11.1. The van der Waals surface area contributed by atoms with E-state index in [2.05, 4.69) is 56.8 Å². The summed E-state index contributed by atoms with van der Waals surface area (Å²) in [5, 5.41) is 7.93. The molecule has 0 aliphatic carbocycles. The number of hydrogen-bond donors (Lipinski definition) is 2. The summed E-state index contributed by atoms with van der Waals surface area (Å²) in [6.45, 7) is 4.50. The van der Waals surface area contributed by atoms with Gasteiger partial charge in [0.1, 0.15) is 0 Å². The number of nitrogens with one attached hydrogen (secondary N) is 2. The Kier molecular flexibility index (Phi) is 8.86. The zero-order valence-electron chi connectivity index (χ0n) is 16.2. The van der Waals surface area contributed by atoms with E-state index in [1.807, 2.05) is 12.3 Å². The molecule has 2 N–H and O–H groups in total. The number of guanidine groups is 1. The van der Waals surface area contributed by atoms with Crippen LogP contribution in [0.25, 0.3) is 10.9 Å². The number of benzene rings is 1. The van der Waals surface area contributed by atoms with Crippen LogP contribution in [0, 0.1) is 0 Å². The van der Waals surface area contributed by atoms with Gasteiger partial charge in [-0.05, 0) is 31.5 Å². The molecule has 0 amide bonds. The molecule has 0 spiro atoms. The van der Waals surface area contributed by atoms with E-state index in [1.165, 1.54) is 10.9 Å². The van der Waals surface area contributed by atoms with Gasteiger partial charge in [0.25, 0.3) is 0 Å². The van der Waals surface area contributed by atoms with Crippen LogP contribution in [0.2, 0.25) is 0 Å². The van der Waals surface area contributed by atoms with E-state index in [0.29, 0.717) is 0 Å². The van der Waals surface area contributed by atoms with E-state index in [0.717, 1.165) is 57.1 Å². The Balaban J connectivity index is 1.72. The van der Waals surface area contributed by atoms with Gasteiger partial charge in [-0.3, -0.25) is 9.98 Å². The largest absolute Gasteiger partial charge is 0.385 e. The molecule has 0 saturated heterocycles. The molecule has 0 bridgehead atoms. The number of rotatable bonds is 10. The monoisotopic (exact) mass is 357 g/mol. The van der Waals surface area contributed by atoms with Gasteiger partial charge < -0.3 is 20.3 Å². The summed E-state index contributed by atoms with van der Waals surface area (Å²) in [6.07, 6.45) is 3.81. The van der Waals surface area contributed by atoms with Crippen molar-refractivity contribution >= 4 is 16.9 Å². The fourth-order valence-corrected chi connectivity index (χ4v) is 2.86. The molecule has 0 saturated carbocycles. The summed E-state index contributed by atoms with van der Waals surface area (Å²) in [7, 11) is 5.67. The minimum Gasteiger partial charge on any atom is -0.385 e. The molecule has 2 rings (SSSR count). The summed E-state index contributed by atoms with van der Waals surface area (Å²) in [6, 6.07) is 10.4. The van der Waals surface area contributed by atoms with Gasteiger partial charge in [0.2, 0.25) is 0 Å². The van der Waals surface area contributed by atoms with Crippen LogP contribution in [0.1, 0.15) is 12.0 Å². The molecule has 142 valence electrons. The number of pyridine rings is 1. The summed E-state index contributed by atoms with van der Waals surface area (Å²) < 4.78 is 5.08. The molecule has 0 fully saturated rings. The van der Waals surface area contributed by atoms with E-state index in [9.17, 15) is 0 Å². The first kappa shape index (κ1) is 20.1. The SMILES string of the molecule is CN=C(NCCc1cccc2cccnc12)NCCN(C)CCCOC. The Bertz CT molecular complexity index is 683. The maximum absolute atomic E-state index is 5.08. The molecule has 0 aliphatic rings. The lowest BCUT2D eigenvalue weighted by molar-refractivity contribution is 0.180. The number of aromatic nitrogens is 1. The molecular weight excluding hydrogens is 326 g/mol. The maximum atomic E-state index is 5.08. The molecule has 0 unspecified atom stereocenters. The van der Waals surface area contributed by atoms with Crippen molar-refractivity contribution in [1.29, 1.82) is 0 Å². The quantitative estimate of drug-likeness (QED) is 0.386. The normalized spacial score (nSPS) is 11.9. The number of hydrogen-bond acceptors (Lipinski definition) is 4. The highest BCUT2D eigenvalue weighted by molar-refractivity contribution is 5.82. The van der Waals surface area contributed by atoms with Crippen molar-refractivity contribution < 1.29 is 4.74 Å². The maximum Gasteiger partial charge on any atom is 0.191 e. The highest BCUT2D eigenvalue weighted by Gasteiger charge is 2.03. The van der Waals surface area contributed by atoms with Gasteiger partial charge in [0.15, 0.2) is 5.96 Å². The van der Waals surface area contributed by atoms with Gasteiger partial charge in [-0.1, -0.05) is 24.3 Å². The summed E-state index contributed by atoms with van der Waals surface area (Å²) in [5.41, 5.74) is 2.33. The van der Waals surface area contributed by atoms with Crippen molar-refractivity contribution in [2.24, 2.45) is 4.99 Å². The Hall–Kier alpha value is -2.18. The van der Waals surface area contributed by atoms with Gasteiger partial charge in [-0.15, -0.1) is 0 Å². The molecule has 6 nitrogen and oxygen atoms in total. The van der Waals surface area contributed by atoms with E-state index < -0.39 is 0 Å². The molecule has 0 atom stereocenters. The molecule has 1 aromatic heterocycles. The molecular formula is C20H31N5O. The van der Waals surface area contributed by atoms with Crippen molar-refractivity contribution in [2.75, 3.05) is 54.0 Å². The lowest BCUT2D eigenvalue weighted by atomic mass is 10.1. The Morgan fingerprint density at radius 2 is 1.96 bits per heavy atom. The minimum absolute atomic E-state index is 0.810. The van der Waals surface area contributed by atoms with Crippen LogP contribution in [0.15, 0.2) is 41.5 Å². The fraction of sp³-hybridized carbons (Fsp3) is 0.500. The highest BCUT2D eigenvalue weighted by atomic mass is 16.5. The second kappa shape index (κ2) is 11.4. The zero-order valence-corrected chi connectivity index (χ0v) is 16.2. The number of fused-ring (bicyclic) bond motifs is 1. The molecule has 0 radical (unpaired) electrons.